The minimum absolute atomic E-state index is 0.0993. The van der Waals surface area contributed by atoms with Crippen molar-refractivity contribution in [1.29, 1.82) is 0 Å². The van der Waals surface area contributed by atoms with Gasteiger partial charge in [-0.25, -0.2) is 0 Å². The highest BCUT2D eigenvalue weighted by Crippen LogP contribution is 2.40. The van der Waals surface area contributed by atoms with Crippen molar-refractivity contribution >= 4 is 34.6 Å². The van der Waals surface area contributed by atoms with Crippen LogP contribution in [0.2, 0.25) is 10.0 Å². The molecule has 0 aliphatic carbocycles. The van der Waals surface area contributed by atoms with Crippen molar-refractivity contribution in [3.8, 4) is 0 Å². The van der Waals surface area contributed by atoms with Gasteiger partial charge in [-0.15, -0.1) is 0 Å². The molecule has 0 aromatic heterocycles. The molecule has 2 aromatic carbocycles. The summed E-state index contributed by atoms with van der Waals surface area (Å²) in [6.07, 6.45) is -9.00. The summed E-state index contributed by atoms with van der Waals surface area (Å²) in [5.74, 6) is 0. The van der Waals surface area contributed by atoms with Gasteiger partial charge in [0.15, 0.2) is 0 Å². The molecule has 29 heavy (non-hydrogen) atoms. The molecule has 0 aliphatic rings. The summed E-state index contributed by atoms with van der Waals surface area (Å²) in [5, 5.41) is 5.23. The molecule has 10 heteroatoms. The fourth-order valence-electron chi connectivity index (χ4n) is 2.96. The molecular formula is C19H18Cl2F6N2. The third-order valence-electron chi connectivity index (χ3n) is 4.13. The van der Waals surface area contributed by atoms with Crippen molar-refractivity contribution < 1.29 is 26.3 Å². The average molecular weight is 459 g/mol. The standard InChI is InChI=1S/C19H18Cl2F6N2/c1-10(28-16-12(18(22,23)24)5-3-7-14(16)20)9-11(2)29-17-13(19(25,26)27)6-4-8-15(17)21/h3-8,10-11,28-29H,9H2,1-2H3. The Hall–Kier alpha value is -1.80. The smallest absolute Gasteiger partial charge is 0.381 e. The van der Waals surface area contributed by atoms with Crippen LogP contribution in [-0.4, -0.2) is 12.1 Å². The van der Waals surface area contributed by atoms with Crippen molar-refractivity contribution in [1.82, 2.24) is 0 Å². The molecule has 0 radical (unpaired) electrons. The van der Waals surface area contributed by atoms with Crippen molar-refractivity contribution in [2.24, 2.45) is 0 Å². The first-order chi connectivity index (χ1) is 13.3. The predicted octanol–water partition coefficient (Wildman–Crippen LogP) is 7.72. The zero-order chi connectivity index (χ0) is 22.0. The molecule has 160 valence electrons. The summed E-state index contributed by atoms with van der Waals surface area (Å²) < 4.78 is 79.2. The van der Waals surface area contributed by atoms with Crippen LogP contribution < -0.4 is 10.6 Å². The molecule has 2 atom stereocenters. The summed E-state index contributed by atoms with van der Waals surface area (Å²) in [6.45, 7) is 3.22. The van der Waals surface area contributed by atoms with Crippen LogP contribution in [-0.2, 0) is 12.4 Å². The van der Waals surface area contributed by atoms with Gasteiger partial charge in [-0.1, -0.05) is 35.3 Å². The van der Waals surface area contributed by atoms with Crippen LogP contribution in [0.3, 0.4) is 0 Å². The lowest BCUT2D eigenvalue weighted by atomic mass is 10.1. The number of halogens is 8. The Labute approximate surface area is 174 Å². The number of nitrogens with one attached hydrogen (secondary N) is 2. The van der Waals surface area contributed by atoms with Gasteiger partial charge in [0.25, 0.3) is 0 Å². The first-order valence-corrected chi connectivity index (χ1v) is 9.30. The van der Waals surface area contributed by atoms with E-state index in [0.29, 0.717) is 0 Å². The molecule has 0 bridgehead atoms. The Morgan fingerprint density at radius 1 is 0.724 bits per heavy atom. The van der Waals surface area contributed by atoms with Gasteiger partial charge in [0.1, 0.15) is 0 Å². The second kappa shape index (κ2) is 8.92. The normalized spacial score (nSPS) is 14.4. The quantitative estimate of drug-likeness (QED) is 0.432. The van der Waals surface area contributed by atoms with Crippen LogP contribution in [0.5, 0.6) is 0 Å². The Bertz CT molecular complexity index is 782. The fraction of sp³-hybridized carbons (Fsp3) is 0.368. The molecule has 0 saturated carbocycles. The van der Waals surface area contributed by atoms with Crippen LogP contribution in [0.15, 0.2) is 36.4 Å². The SMILES string of the molecule is CC(CC(C)Nc1c(Cl)cccc1C(F)(F)F)Nc1c(Cl)cccc1C(F)(F)F. The Morgan fingerprint density at radius 2 is 1.07 bits per heavy atom. The van der Waals surface area contributed by atoms with Gasteiger partial charge in [0.2, 0.25) is 0 Å². The molecule has 0 spiro atoms. The third-order valence-corrected chi connectivity index (χ3v) is 4.76. The molecule has 2 nitrogen and oxygen atoms in total. The monoisotopic (exact) mass is 458 g/mol. The van der Waals surface area contributed by atoms with E-state index in [2.05, 4.69) is 10.6 Å². The van der Waals surface area contributed by atoms with E-state index >= 15 is 0 Å². The topological polar surface area (TPSA) is 24.1 Å². The van der Waals surface area contributed by atoms with E-state index in [1.807, 2.05) is 0 Å². The Morgan fingerprint density at radius 3 is 1.38 bits per heavy atom. The average Bonchev–Trinajstić information content (AvgIpc) is 2.56. The lowest BCUT2D eigenvalue weighted by Gasteiger charge is -2.25. The van der Waals surface area contributed by atoms with Gasteiger partial charge in [-0.3, -0.25) is 0 Å². The lowest BCUT2D eigenvalue weighted by Crippen LogP contribution is -2.28. The number of rotatable bonds is 6. The van der Waals surface area contributed by atoms with Crippen LogP contribution in [0.25, 0.3) is 0 Å². The molecule has 0 aliphatic heterocycles. The van der Waals surface area contributed by atoms with Gasteiger partial charge in [-0.05, 0) is 44.5 Å². The summed E-state index contributed by atoms with van der Waals surface area (Å²) in [5.41, 5.74) is -2.36. The van der Waals surface area contributed by atoms with Gasteiger partial charge in [0.05, 0.1) is 32.5 Å². The minimum Gasteiger partial charge on any atom is -0.381 e. The molecule has 2 unspecified atom stereocenters. The number of alkyl halides is 6. The first kappa shape index (κ1) is 23.5. The van der Waals surface area contributed by atoms with Crippen molar-refractivity contribution in [2.75, 3.05) is 10.6 Å². The van der Waals surface area contributed by atoms with E-state index in [9.17, 15) is 26.3 Å². The molecule has 0 heterocycles. The summed E-state index contributed by atoms with van der Waals surface area (Å²) in [6, 6.07) is 5.79. The zero-order valence-electron chi connectivity index (χ0n) is 15.3. The number of hydrogen-bond donors (Lipinski definition) is 2. The largest absolute Gasteiger partial charge is 0.418 e. The molecule has 2 aromatic rings. The number of para-hydroxylation sites is 2. The van der Waals surface area contributed by atoms with E-state index in [1.54, 1.807) is 13.8 Å². The fourth-order valence-corrected chi connectivity index (χ4v) is 3.41. The van der Waals surface area contributed by atoms with Crippen LogP contribution in [0.1, 0.15) is 31.4 Å². The second-order valence-corrected chi connectivity index (χ2v) is 7.46. The van der Waals surface area contributed by atoms with Gasteiger partial charge >= 0.3 is 12.4 Å². The van der Waals surface area contributed by atoms with E-state index in [0.717, 1.165) is 12.1 Å². The number of anilines is 2. The van der Waals surface area contributed by atoms with Crippen molar-refractivity contribution in [3.05, 3.63) is 57.6 Å². The highest BCUT2D eigenvalue weighted by Gasteiger charge is 2.36. The third kappa shape index (κ3) is 6.09. The van der Waals surface area contributed by atoms with Crippen LogP contribution in [0.4, 0.5) is 37.7 Å². The Balaban J connectivity index is 2.16. The maximum absolute atomic E-state index is 13.2. The summed E-state index contributed by atoms with van der Waals surface area (Å²) in [4.78, 5) is 0. The maximum atomic E-state index is 13.2. The predicted molar refractivity (Wildman–Crippen MR) is 104 cm³/mol. The van der Waals surface area contributed by atoms with Gasteiger partial charge < -0.3 is 10.6 Å². The number of benzene rings is 2. The summed E-state index contributed by atoms with van der Waals surface area (Å²) in [7, 11) is 0. The zero-order valence-corrected chi connectivity index (χ0v) is 16.9. The van der Waals surface area contributed by atoms with E-state index < -0.39 is 35.6 Å². The van der Waals surface area contributed by atoms with E-state index in [-0.39, 0.29) is 27.8 Å². The molecule has 0 fully saturated rings. The number of hydrogen-bond acceptors (Lipinski definition) is 2. The Kier molecular flexibility index (Phi) is 7.22. The highest BCUT2D eigenvalue weighted by molar-refractivity contribution is 6.33. The van der Waals surface area contributed by atoms with Crippen molar-refractivity contribution in [3.63, 3.8) is 0 Å². The van der Waals surface area contributed by atoms with Crippen LogP contribution >= 0.6 is 23.2 Å². The molecule has 2 N–H and O–H groups in total. The molecule has 0 amide bonds. The second-order valence-electron chi connectivity index (χ2n) is 6.65. The van der Waals surface area contributed by atoms with Gasteiger partial charge in [0, 0.05) is 12.1 Å². The van der Waals surface area contributed by atoms with Crippen LogP contribution in [0, 0.1) is 0 Å². The lowest BCUT2D eigenvalue weighted by molar-refractivity contribution is -0.137. The molecular weight excluding hydrogens is 441 g/mol. The van der Waals surface area contributed by atoms with E-state index in [1.165, 1.54) is 24.3 Å². The molecule has 0 saturated heterocycles. The first-order valence-electron chi connectivity index (χ1n) is 8.55. The minimum atomic E-state index is -4.60. The summed E-state index contributed by atoms with van der Waals surface area (Å²) >= 11 is 11.8. The van der Waals surface area contributed by atoms with Gasteiger partial charge in [-0.2, -0.15) is 26.3 Å². The van der Waals surface area contributed by atoms with Crippen molar-refractivity contribution in [2.45, 2.75) is 44.7 Å². The molecule has 2 rings (SSSR count). The highest BCUT2D eigenvalue weighted by atomic mass is 35.5. The maximum Gasteiger partial charge on any atom is 0.418 e. The van der Waals surface area contributed by atoms with E-state index in [4.69, 9.17) is 23.2 Å².